The van der Waals surface area contributed by atoms with Gasteiger partial charge in [0.1, 0.15) is 6.54 Å². The van der Waals surface area contributed by atoms with Crippen LogP contribution in [0, 0.1) is 0 Å². The molecule has 1 rings (SSSR count). The van der Waals surface area contributed by atoms with Crippen molar-refractivity contribution in [3.05, 3.63) is 28.2 Å². The monoisotopic (exact) mass is 262 g/mol. The predicted octanol–water partition coefficient (Wildman–Crippen LogP) is 2.20. The number of carbonyl (C=O) groups is 2. The van der Waals surface area contributed by atoms with E-state index in [2.05, 4.69) is 10.6 Å². The summed E-state index contributed by atoms with van der Waals surface area (Å²) in [6.07, 6.45) is 0. The second kappa shape index (κ2) is 5.58. The lowest BCUT2D eigenvalue weighted by molar-refractivity contribution is -0.135. The highest BCUT2D eigenvalue weighted by Gasteiger charge is 2.05. The van der Waals surface area contributed by atoms with Gasteiger partial charge in [-0.25, -0.2) is 4.79 Å². The molecule has 16 heavy (non-hydrogen) atoms. The molecule has 7 heteroatoms. The Morgan fingerprint density at radius 1 is 1.25 bits per heavy atom. The molecule has 0 unspecified atom stereocenters. The number of carboxylic acid groups (broad SMARTS) is 1. The first kappa shape index (κ1) is 12.6. The molecule has 1 aromatic carbocycles. The minimum absolute atomic E-state index is 0.303. The Morgan fingerprint density at radius 3 is 2.50 bits per heavy atom. The van der Waals surface area contributed by atoms with Crippen LogP contribution < -0.4 is 10.6 Å². The van der Waals surface area contributed by atoms with E-state index in [4.69, 9.17) is 28.3 Å². The largest absolute Gasteiger partial charge is 0.480 e. The van der Waals surface area contributed by atoms with E-state index < -0.39 is 18.5 Å². The molecule has 0 aliphatic heterocycles. The van der Waals surface area contributed by atoms with Crippen LogP contribution >= 0.6 is 23.2 Å². The van der Waals surface area contributed by atoms with Gasteiger partial charge >= 0.3 is 12.0 Å². The van der Waals surface area contributed by atoms with Crippen molar-refractivity contribution in [2.45, 2.75) is 0 Å². The summed E-state index contributed by atoms with van der Waals surface area (Å²) >= 11 is 11.4. The summed E-state index contributed by atoms with van der Waals surface area (Å²) in [5.74, 6) is -1.12. The first-order valence-electron chi connectivity index (χ1n) is 4.20. The van der Waals surface area contributed by atoms with Gasteiger partial charge in [0.25, 0.3) is 0 Å². The second-order valence-electron chi connectivity index (χ2n) is 2.83. The average molecular weight is 263 g/mol. The molecule has 0 atom stereocenters. The molecule has 0 aromatic heterocycles. The third-order valence-corrected chi connectivity index (χ3v) is 2.32. The molecule has 0 aliphatic rings. The number of urea groups is 1. The highest BCUT2D eigenvalue weighted by molar-refractivity contribution is 6.42. The van der Waals surface area contributed by atoms with Gasteiger partial charge in [-0.1, -0.05) is 23.2 Å². The van der Waals surface area contributed by atoms with Crippen LogP contribution in [0.3, 0.4) is 0 Å². The molecule has 0 spiro atoms. The number of rotatable bonds is 3. The van der Waals surface area contributed by atoms with Gasteiger partial charge in [-0.3, -0.25) is 4.79 Å². The minimum Gasteiger partial charge on any atom is -0.480 e. The molecule has 86 valence electrons. The molecule has 5 nitrogen and oxygen atoms in total. The van der Waals surface area contributed by atoms with E-state index in [0.29, 0.717) is 15.7 Å². The maximum absolute atomic E-state index is 11.2. The molecule has 0 radical (unpaired) electrons. The number of carboxylic acids is 1. The Balaban J connectivity index is 2.56. The van der Waals surface area contributed by atoms with Crippen LogP contribution in [0.25, 0.3) is 0 Å². The minimum atomic E-state index is -1.12. The summed E-state index contributed by atoms with van der Waals surface area (Å²) in [6, 6.07) is 3.91. The molecule has 0 fully saturated rings. The van der Waals surface area contributed by atoms with Gasteiger partial charge < -0.3 is 15.7 Å². The normalized spacial score (nSPS) is 9.62. The molecule has 0 heterocycles. The summed E-state index contributed by atoms with van der Waals surface area (Å²) in [5, 5.41) is 13.6. The Hall–Kier alpha value is -1.46. The van der Waals surface area contributed by atoms with Crippen LogP contribution in [0.2, 0.25) is 10.0 Å². The van der Waals surface area contributed by atoms with Crippen molar-refractivity contribution < 1.29 is 14.7 Å². The average Bonchev–Trinajstić information content (AvgIpc) is 2.21. The highest BCUT2D eigenvalue weighted by Crippen LogP contribution is 2.24. The van der Waals surface area contributed by atoms with Crippen LogP contribution in [0.15, 0.2) is 18.2 Å². The zero-order valence-electron chi connectivity index (χ0n) is 7.96. The fourth-order valence-corrected chi connectivity index (χ4v) is 1.20. The van der Waals surface area contributed by atoms with Crippen molar-refractivity contribution >= 4 is 40.9 Å². The lowest BCUT2D eigenvalue weighted by Crippen LogP contribution is -2.33. The number of carbonyl (C=O) groups excluding carboxylic acids is 1. The Kier molecular flexibility index (Phi) is 4.39. The molecule has 0 saturated heterocycles. The number of hydrogen-bond donors (Lipinski definition) is 3. The summed E-state index contributed by atoms with van der Waals surface area (Å²) in [5.41, 5.74) is 0.428. The topological polar surface area (TPSA) is 78.4 Å². The van der Waals surface area contributed by atoms with Crippen LogP contribution in [-0.2, 0) is 4.79 Å². The third-order valence-electron chi connectivity index (χ3n) is 1.58. The number of halogens is 2. The molecule has 0 bridgehead atoms. The second-order valence-corrected chi connectivity index (χ2v) is 3.64. The van der Waals surface area contributed by atoms with Crippen molar-refractivity contribution in [1.29, 1.82) is 0 Å². The van der Waals surface area contributed by atoms with Crippen molar-refractivity contribution in [2.75, 3.05) is 11.9 Å². The lowest BCUT2D eigenvalue weighted by Gasteiger charge is -2.06. The van der Waals surface area contributed by atoms with Crippen LogP contribution in [0.5, 0.6) is 0 Å². The van der Waals surface area contributed by atoms with Crippen LogP contribution in [0.4, 0.5) is 10.5 Å². The number of anilines is 1. The van der Waals surface area contributed by atoms with Crippen molar-refractivity contribution in [1.82, 2.24) is 5.32 Å². The first-order chi connectivity index (χ1) is 7.49. The zero-order chi connectivity index (χ0) is 12.1. The van der Waals surface area contributed by atoms with E-state index in [1.54, 1.807) is 6.07 Å². The van der Waals surface area contributed by atoms with E-state index >= 15 is 0 Å². The maximum atomic E-state index is 11.2. The van der Waals surface area contributed by atoms with E-state index in [9.17, 15) is 9.59 Å². The molecule has 3 N–H and O–H groups in total. The molecular weight excluding hydrogens is 255 g/mol. The fraction of sp³-hybridized carbons (Fsp3) is 0.111. The highest BCUT2D eigenvalue weighted by atomic mass is 35.5. The first-order valence-corrected chi connectivity index (χ1v) is 4.96. The number of aliphatic carboxylic acids is 1. The Morgan fingerprint density at radius 2 is 1.94 bits per heavy atom. The molecule has 2 amide bonds. The van der Waals surface area contributed by atoms with Gasteiger partial charge in [0.2, 0.25) is 0 Å². The Bertz CT molecular complexity index is 423. The number of nitrogens with one attached hydrogen (secondary N) is 2. The summed E-state index contributed by atoms with van der Waals surface area (Å²) in [4.78, 5) is 21.3. The van der Waals surface area contributed by atoms with Gasteiger partial charge in [0, 0.05) is 5.69 Å². The van der Waals surface area contributed by atoms with Gasteiger partial charge in [-0.2, -0.15) is 0 Å². The van der Waals surface area contributed by atoms with Crippen molar-refractivity contribution in [2.24, 2.45) is 0 Å². The molecule has 0 saturated carbocycles. The van der Waals surface area contributed by atoms with Crippen LogP contribution in [0.1, 0.15) is 0 Å². The van der Waals surface area contributed by atoms with Crippen molar-refractivity contribution in [3.8, 4) is 0 Å². The summed E-state index contributed by atoms with van der Waals surface area (Å²) < 4.78 is 0. The molecule has 1 aromatic rings. The number of benzene rings is 1. The van der Waals surface area contributed by atoms with E-state index in [1.165, 1.54) is 12.1 Å². The van der Waals surface area contributed by atoms with E-state index in [0.717, 1.165) is 0 Å². The molecule has 0 aliphatic carbocycles. The zero-order valence-corrected chi connectivity index (χ0v) is 9.47. The standard InChI is InChI=1S/C9H8Cl2N2O3/c10-6-2-1-5(3-7(6)11)13-9(16)12-4-8(14)15/h1-3H,4H2,(H,14,15)(H2,12,13,16). The fourth-order valence-electron chi connectivity index (χ4n) is 0.905. The summed E-state index contributed by atoms with van der Waals surface area (Å²) in [7, 11) is 0. The van der Waals surface area contributed by atoms with Crippen LogP contribution in [-0.4, -0.2) is 23.7 Å². The third kappa shape index (κ3) is 3.96. The SMILES string of the molecule is O=C(O)CNC(=O)Nc1ccc(Cl)c(Cl)c1. The van der Waals surface area contributed by atoms with E-state index in [1.807, 2.05) is 0 Å². The van der Waals surface area contributed by atoms with E-state index in [-0.39, 0.29) is 0 Å². The smallest absolute Gasteiger partial charge is 0.323 e. The number of hydrogen-bond acceptors (Lipinski definition) is 2. The Labute approximate surface area is 101 Å². The van der Waals surface area contributed by atoms with Gasteiger partial charge in [-0.05, 0) is 18.2 Å². The quantitative estimate of drug-likeness (QED) is 0.782. The lowest BCUT2D eigenvalue weighted by atomic mass is 10.3. The van der Waals surface area contributed by atoms with Gasteiger partial charge in [-0.15, -0.1) is 0 Å². The molecular formula is C9H8Cl2N2O3. The summed E-state index contributed by atoms with van der Waals surface area (Å²) in [6.45, 7) is -0.451. The maximum Gasteiger partial charge on any atom is 0.323 e. The van der Waals surface area contributed by atoms with Crippen molar-refractivity contribution in [3.63, 3.8) is 0 Å². The number of amides is 2. The van der Waals surface area contributed by atoms with Gasteiger partial charge in [0.15, 0.2) is 0 Å². The predicted molar refractivity (Wildman–Crippen MR) is 61.1 cm³/mol. The van der Waals surface area contributed by atoms with Gasteiger partial charge in [0.05, 0.1) is 10.0 Å².